The number of carbonyl (C=O) groups is 2. The van der Waals surface area contributed by atoms with E-state index in [0.29, 0.717) is 6.42 Å². The van der Waals surface area contributed by atoms with Crippen molar-refractivity contribution >= 4 is 11.9 Å². The highest BCUT2D eigenvalue weighted by Crippen LogP contribution is 2.11. The van der Waals surface area contributed by atoms with Crippen LogP contribution in [0.4, 0.5) is 0 Å². The lowest BCUT2D eigenvalue weighted by Crippen LogP contribution is -2.48. The fraction of sp³-hybridized carbons (Fsp3) is 0.833. The molecule has 17 heavy (non-hydrogen) atoms. The van der Waals surface area contributed by atoms with Gasteiger partial charge >= 0.3 is 5.97 Å². The van der Waals surface area contributed by atoms with Gasteiger partial charge in [0.25, 0.3) is 0 Å². The Morgan fingerprint density at radius 1 is 1.29 bits per heavy atom. The van der Waals surface area contributed by atoms with E-state index in [0.717, 1.165) is 6.42 Å². The second kappa shape index (κ2) is 8.06. The summed E-state index contributed by atoms with van der Waals surface area (Å²) in [6.45, 7) is 6.06. The minimum Gasteiger partial charge on any atom is -0.467 e. The van der Waals surface area contributed by atoms with Crippen molar-refractivity contribution in [3.63, 3.8) is 0 Å². The molecule has 1 amide bonds. The summed E-state index contributed by atoms with van der Waals surface area (Å²) in [4.78, 5) is 23.4. The predicted octanol–water partition coefficient (Wildman–Crippen LogP) is 0.675. The Morgan fingerprint density at radius 2 is 1.88 bits per heavy atom. The van der Waals surface area contributed by atoms with Crippen molar-refractivity contribution in [2.45, 2.75) is 39.7 Å². The molecule has 0 saturated carbocycles. The molecule has 0 aromatic carbocycles. The summed E-state index contributed by atoms with van der Waals surface area (Å²) < 4.78 is 4.70. The van der Waals surface area contributed by atoms with Gasteiger partial charge in [0.05, 0.1) is 7.11 Å². The van der Waals surface area contributed by atoms with Gasteiger partial charge in [-0.1, -0.05) is 27.2 Å². The minimum atomic E-state index is -0.585. The highest BCUT2D eigenvalue weighted by molar-refractivity contribution is 5.86. The Balaban J connectivity index is 4.63. The largest absolute Gasteiger partial charge is 0.467 e. The van der Waals surface area contributed by atoms with Crippen molar-refractivity contribution in [3.05, 3.63) is 0 Å². The molecule has 5 nitrogen and oxygen atoms in total. The molecule has 0 aliphatic rings. The van der Waals surface area contributed by atoms with E-state index in [1.165, 1.54) is 7.11 Å². The molecule has 3 unspecified atom stereocenters. The first-order chi connectivity index (χ1) is 8.01. The maximum absolute atomic E-state index is 11.9. The molecule has 0 aromatic rings. The van der Waals surface area contributed by atoms with Gasteiger partial charge in [-0.2, -0.15) is 0 Å². The molecule has 3 N–H and O–H groups in total. The maximum Gasteiger partial charge on any atom is 0.328 e. The lowest BCUT2D eigenvalue weighted by atomic mass is 9.97. The average molecular weight is 244 g/mol. The Hall–Kier alpha value is -1.10. The van der Waals surface area contributed by atoms with Gasteiger partial charge in [0.2, 0.25) is 5.91 Å². The zero-order chi connectivity index (χ0) is 13.4. The van der Waals surface area contributed by atoms with Crippen molar-refractivity contribution in [1.29, 1.82) is 0 Å². The van der Waals surface area contributed by atoms with Crippen molar-refractivity contribution in [1.82, 2.24) is 5.32 Å². The van der Waals surface area contributed by atoms with Crippen LogP contribution in [0.15, 0.2) is 0 Å². The first-order valence-electron chi connectivity index (χ1n) is 6.09. The zero-order valence-electron chi connectivity index (χ0n) is 11.2. The Labute approximate surface area is 103 Å². The van der Waals surface area contributed by atoms with Gasteiger partial charge in [0, 0.05) is 12.5 Å². The second-order valence-corrected chi connectivity index (χ2v) is 4.24. The monoisotopic (exact) mass is 244 g/mol. The van der Waals surface area contributed by atoms with Crippen LogP contribution in [0.1, 0.15) is 33.6 Å². The van der Waals surface area contributed by atoms with Gasteiger partial charge in [-0.15, -0.1) is 0 Å². The van der Waals surface area contributed by atoms with Crippen LogP contribution in [0, 0.1) is 11.8 Å². The summed E-state index contributed by atoms with van der Waals surface area (Å²) in [5.41, 5.74) is 5.50. The number of ether oxygens (including phenoxy) is 1. The van der Waals surface area contributed by atoms with E-state index in [4.69, 9.17) is 10.5 Å². The van der Waals surface area contributed by atoms with Crippen molar-refractivity contribution in [3.8, 4) is 0 Å². The molecule has 0 saturated heterocycles. The van der Waals surface area contributed by atoms with E-state index >= 15 is 0 Å². The molecular formula is C12H24N2O3. The lowest BCUT2D eigenvalue weighted by Gasteiger charge is -2.23. The highest BCUT2D eigenvalue weighted by atomic mass is 16.5. The molecule has 0 aliphatic heterocycles. The summed E-state index contributed by atoms with van der Waals surface area (Å²) in [5.74, 6) is -0.779. The lowest BCUT2D eigenvalue weighted by molar-refractivity contribution is -0.147. The smallest absolute Gasteiger partial charge is 0.328 e. The van der Waals surface area contributed by atoms with Crippen LogP contribution in [0.25, 0.3) is 0 Å². The molecule has 0 bridgehead atoms. The summed E-state index contributed by atoms with van der Waals surface area (Å²) in [7, 11) is 1.32. The molecular weight excluding hydrogens is 220 g/mol. The van der Waals surface area contributed by atoms with Gasteiger partial charge in [0.15, 0.2) is 0 Å². The summed E-state index contributed by atoms with van der Waals surface area (Å²) >= 11 is 0. The van der Waals surface area contributed by atoms with Crippen LogP contribution in [-0.4, -0.2) is 31.6 Å². The second-order valence-electron chi connectivity index (χ2n) is 4.24. The SMILES string of the molecule is CCC(CN)C(=O)NC(C(=O)OC)C(C)CC. The first kappa shape index (κ1) is 15.9. The molecule has 0 rings (SSSR count). The van der Waals surface area contributed by atoms with Crippen LogP contribution >= 0.6 is 0 Å². The third-order valence-electron chi connectivity index (χ3n) is 3.11. The summed E-state index contributed by atoms with van der Waals surface area (Å²) in [6.07, 6.45) is 1.45. The van der Waals surface area contributed by atoms with E-state index in [9.17, 15) is 9.59 Å². The minimum absolute atomic E-state index is 0.0432. The molecule has 0 aromatic heterocycles. The standard InChI is InChI=1S/C12H24N2O3/c1-5-8(3)10(12(16)17-4)14-11(15)9(6-2)7-13/h8-10H,5-7,13H2,1-4H3,(H,14,15). The molecule has 5 heteroatoms. The third-order valence-corrected chi connectivity index (χ3v) is 3.11. The van der Waals surface area contributed by atoms with Crippen molar-refractivity contribution in [2.75, 3.05) is 13.7 Å². The molecule has 3 atom stereocenters. The van der Waals surface area contributed by atoms with Crippen molar-refractivity contribution < 1.29 is 14.3 Å². The molecule has 0 spiro atoms. The van der Waals surface area contributed by atoms with E-state index in [-0.39, 0.29) is 24.3 Å². The number of rotatable bonds is 7. The Bertz CT molecular complexity index is 252. The zero-order valence-corrected chi connectivity index (χ0v) is 11.2. The van der Waals surface area contributed by atoms with Gasteiger partial charge in [-0.25, -0.2) is 4.79 Å². The van der Waals surface area contributed by atoms with Crippen molar-refractivity contribution in [2.24, 2.45) is 17.6 Å². The number of amides is 1. The topological polar surface area (TPSA) is 81.4 Å². The first-order valence-corrected chi connectivity index (χ1v) is 6.09. The third kappa shape index (κ3) is 4.73. The number of nitrogens with two attached hydrogens (primary N) is 1. The summed E-state index contributed by atoms with van der Waals surface area (Å²) in [5, 5.41) is 2.73. The van der Waals surface area contributed by atoms with E-state index in [2.05, 4.69) is 5.32 Å². The fourth-order valence-electron chi connectivity index (χ4n) is 1.53. The number of hydrogen-bond donors (Lipinski definition) is 2. The molecule has 100 valence electrons. The van der Waals surface area contributed by atoms with E-state index in [1.54, 1.807) is 0 Å². The number of nitrogens with one attached hydrogen (secondary N) is 1. The normalized spacial score (nSPS) is 15.8. The molecule has 0 aliphatic carbocycles. The summed E-state index contributed by atoms with van der Waals surface area (Å²) in [6, 6.07) is -0.585. The molecule has 0 heterocycles. The molecule has 0 radical (unpaired) electrons. The van der Waals surface area contributed by atoms with Gasteiger partial charge < -0.3 is 15.8 Å². The Kier molecular flexibility index (Phi) is 7.54. The van der Waals surface area contributed by atoms with Crippen LogP contribution in [-0.2, 0) is 14.3 Å². The molecule has 0 fully saturated rings. The van der Waals surface area contributed by atoms with Crippen LogP contribution in [0.3, 0.4) is 0 Å². The maximum atomic E-state index is 11.9. The Morgan fingerprint density at radius 3 is 2.24 bits per heavy atom. The average Bonchev–Trinajstić information content (AvgIpc) is 2.35. The number of esters is 1. The number of methoxy groups -OCH3 is 1. The fourth-order valence-corrected chi connectivity index (χ4v) is 1.53. The van der Waals surface area contributed by atoms with E-state index < -0.39 is 12.0 Å². The van der Waals surface area contributed by atoms with Crippen LogP contribution in [0.2, 0.25) is 0 Å². The highest BCUT2D eigenvalue weighted by Gasteiger charge is 2.28. The van der Waals surface area contributed by atoms with Gasteiger partial charge in [-0.3, -0.25) is 4.79 Å². The predicted molar refractivity (Wildman–Crippen MR) is 66.2 cm³/mol. The van der Waals surface area contributed by atoms with Crippen LogP contribution in [0.5, 0.6) is 0 Å². The van der Waals surface area contributed by atoms with Crippen LogP contribution < -0.4 is 11.1 Å². The number of carbonyl (C=O) groups excluding carboxylic acids is 2. The van der Waals surface area contributed by atoms with E-state index in [1.807, 2.05) is 20.8 Å². The van der Waals surface area contributed by atoms with Gasteiger partial charge in [-0.05, 0) is 12.3 Å². The quantitative estimate of drug-likeness (QED) is 0.645. The number of hydrogen-bond acceptors (Lipinski definition) is 4. The van der Waals surface area contributed by atoms with Gasteiger partial charge in [0.1, 0.15) is 6.04 Å².